The lowest BCUT2D eigenvalue weighted by molar-refractivity contribution is 0.563. The summed E-state index contributed by atoms with van der Waals surface area (Å²) in [5.41, 5.74) is 6.31. The van der Waals surface area contributed by atoms with E-state index in [0.29, 0.717) is 0 Å². The number of benzene rings is 1. The summed E-state index contributed by atoms with van der Waals surface area (Å²) in [4.78, 5) is 17.0. The maximum Gasteiger partial charge on any atom is 0.135 e. The molecular formula is C27H30N6. The summed E-state index contributed by atoms with van der Waals surface area (Å²) in [5.74, 6) is 2.13. The largest absolute Gasteiger partial charge is 0.346 e. The van der Waals surface area contributed by atoms with E-state index in [1.807, 2.05) is 36.7 Å². The van der Waals surface area contributed by atoms with Gasteiger partial charge in [-0.1, -0.05) is 24.3 Å². The Hall–Kier alpha value is -3.93. The number of fused-ring (bicyclic) bond motifs is 3. The molecule has 6 nitrogen and oxygen atoms in total. The van der Waals surface area contributed by atoms with Crippen LogP contribution in [0.1, 0.15) is 25.0 Å². The van der Waals surface area contributed by atoms with E-state index in [9.17, 15) is 0 Å². The fraction of sp³-hybridized carbons (Fsp3) is 0.222. The number of aliphatic imine (C=N–C) groups is 3. The van der Waals surface area contributed by atoms with Gasteiger partial charge in [0.2, 0.25) is 0 Å². The van der Waals surface area contributed by atoms with Crippen LogP contribution in [-0.2, 0) is 6.54 Å². The van der Waals surface area contributed by atoms with Gasteiger partial charge in [-0.3, -0.25) is 4.99 Å². The molecule has 5 aliphatic rings. The Labute approximate surface area is 196 Å². The standard InChI is InChI=1S/3C9H10N2/c1-8-4-2-6-11-7-3-5-10-9(8)11;1-8-4-2-5-9-10-6-3-7-11(8)9;1-7-3-2-4-9-8(7)5-10-6-11-9/h2*2-6H,7H2,1H3;2-4,6H,5H2,1H3,(H,10,11). The number of nitrogens with zero attached hydrogens (tertiary/aromatic N) is 5. The molecule has 5 aliphatic heterocycles. The third-order valence-corrected chi connectivity index (χ3v) is 5.70. The van der Waals surface area contributed by atoms with Gasteiger partial charge in [-0.2, -0.15) is 0 Å². The van der Waals surface area contributed by atoms with E-state index < -0.39 is 0 Å². The minimum absolute atomic E-state index is 0.814. The first-order valence-corrected chi connectivity index (χ1v) is 11.2. The van der Waals surface area contributed by atoms with Gasteiger partial charge >= 0.3 is 0 Å². The summed E-state index contributed by atoms with van der Waals surface area (Å²) in [6, 6.07) is 6.25. The maximum atomic E-state index is 4.27. The van der Waals surface area contributed by atoms with Crippen LogP contribution in [0, 0.1) is 6.92 Å². The fourth-order valence-electron chi connectivity index (χ4n) is 3.84. The molecule has 1 N–H and O–H groups in total. The molecule has 1 aromatic carbocycles. The van der Waals surface area contributed by atoms with Crippen molar-refractivity contribution in [2.24, 2.45) is 15.0 Å². The number of rotatable bonds is 0. The van der Waals surface area contributed by atoms with E-state index in [1.165, 1.54) is 28.1 Å². The minimum atomic E-state index is 0.814. The highest BCUT2D eigenvalue weighted by molar-refractivity contribution is 6.00. The second-order valence-electron chi connectivity index (χ2n) is 8.05. The predicted octanol–water partition coefficient (Wildman–Crippen LogP) is 5.32. The number of amidine groups is 2. The molecule has 0 spiro atoms. The highest BCUT2D eigenvalue weighted by Crippen LogP contribution is 2.21. The highest BCUT2D eigenvalue weighted by Gasteiger charge is 2.14. The van der Waals surface area contributed by atoms with Crippen LogP contribution in [0.5, 0.6) is 0 Å². The van der Waals surface area contributed by atoms with Crippen molar-refractivity contribution in [2.45, 2.75) is 27.3 Å². The Morgan fingerprint density at radius 3 is 2.61 bits per heavy atom. The van der Waals surface area contributed by atoms with Crippen LogP contribution in [0.4, 0.5) is 5.69 Å². The molecule has 0 saturated heterocycles. The second-order valence-corrected chi connectivity index (χ2v) is 8.05. The molecule has 0 radical (unpaired) electrons. The van der Waals surface area contributed by atoms with Gasteiger partial charge < -0.3 is 15.1 Å². The average Bonchev–Trinajstić information content (AvgIpc) is 2.86. The van der Waals surface area contributed by atoms with Crippen LogP contribution >= 0.6 is 0 Å². The molecular weight excluding hydrogens is 408 g/mol. The molecule has 33 heavy (non-hydrogen) atoms. The first kappa shape index (κ1) is 22.3. The molecule has 0 amide bonds. The lowest BCUT2D eigenvalue weighted by atomic mass is 10.1. The third kappa shape index (κ3) is 5.47. The normalized spacial score (nSPS) is 18.6. The quantitative estimate of drug-likeness (QED) is 0.596. The summed E-state index contributed by atoms with van der Waals surface area (Å²) in [6.07, 6.45) is 21.9. The molecule has 0 aliphatic carbocycles. The van der Waals surface area contributed by atoms with Crippen LogP contribution in [0.15, 0.2) is 106 Å². The molecule has 0 unspecified atom stereocenters. The smallest absolute Gasteiger partial charge is 0.135 e. The Kier molecular flexibility index (Phi) is 7.15. The monoisotopic (exact) mass is 438 g/mol. The van der Waals surface area contributed by atoms with Crippen molar-refractivity contribution < 1.29 is 0 Å². The van der Waals surface area contributed by atoms with Gasteiger partial charge in [0.25, 0.3) is 0 Å². The minimum Gasteiger partial charge on any atom is -0.346 e. The molecule has 0 saturated carbocycles. The zero-order valence-electron chi connectivity index (χ0n) is 19.4. The van der Waals surface area contributed by atoms with Crippen molar-refractivity contribution in [3.63, 3.8) is 0 Å². The van der Waals surface area contributed by atoms with Crippen molar-refractivity contribution >= 4 is 23.7 Å². The summed E-state index contributed by atoms with van der Waals surface area (Å²) in [5, 5.41) is 3.11. The van der Waals surface area contributed by atoms with Gasteiger partial charge in [-0.05, 0) is 73.9 Å². The fourth-order valence-corrected chi connectivity index (χ4v) is 3.84. The number of hydrogen-bond acceptors (Lipinski definition) is 6. The van der Waals surface area contributed by atoms with E-state index in [2.05, 4.69) is 93.5 Å². The summed E-state index contributed by atoms with van der Waals surface area (Å²) >= 11 is 0. The lowest BCUT2D eigenvalue weighted by Gasteiger charge is -2.27. The maximum absolute atomic E-state index is 4.27. The van der Waals surface area contributed by atoms with Gasteiger partial charge in [-0.25, -0.2) is 9.98 Å². The Morgan fingerprint density at radius 1 is 0.939 bits per heavy atom. The van der Waals surface area contributed by atoms with E-state index in [0.717, 1.165) is 31.3 Å². The zero-order chi connectivity index (χ0) is 23.0. The summed E-state index contributed by atoms with van der Waals surface area (Å²) in [7, 11) is 0. The number of aryl methyl sites for hydroxylation is 1. The molecule has 168 valence electrons. The highest BCUT2D eigenvalue weighted by atomic mass is 15.2. The van der Waals surface area contributed by atoms with Gasteiger partial charge in [-0.15, -0.1) is 0 Å². The van der Waals surface area contributed by atoms with Gasteiger partial charge in [0.05, 0.1) is 12.9 Å². The summed E-state index contributed by atoms with van der Waals surface area (Å²) in [6.45, 7) is 9.00. The molecule has 6 heteroatoms. The number of anilines is 1. The zero-order valence-corrected chi connectivity index (χ0v) is 19.4. The summed E-state index contributed by atoms with van der Waals surface area (Å²) < 4.78 is 0. The van der Waals surface area contributed by atoms with Gasteiger partial charge in [0, 0.05) is 43.1 Å². The van der Waals surface area contributed by atoms with Crippen molar-refractivity contribution in [3.8, 4) is 0 Å². The third-order valence-electron chi connectivity index (χ3n) is 5.70. The molecule has 5 heterocycles. The van der Waals surface area contributed by atoms with Crippen molar-refractivity contribution in [3.05, 3.63) is 102 Å². The first-order valence-electron chi connectivity index (χ1n) is 11.2. The van der Waals surface area contributed by atoms with E-state index in [-0.39, 0.29) is 0 Å². The lowest BCUT2D eigenvalue weighted by Crippen LogP contribution is -2.31. The van der Waals surface area contributed by atoms with E-state index >= 15 is 0 Å². The van der Waals surface area contributed by atoms with Gasteiger partial charge in [0.1, 0.15) is 11.7 Å². The molecule has 0 fully saturated rings. The number of hydrogen-bond donors (Lipinski definition) is 1. The molecule has 6 rings (SSSR count). The number of nitrogens with one attached hydrogen (secondary N) is 1. The molecule has 0 atom stereocenters. The second kappa shape index (κ2) is 10.6. The van der Waals surface area contributed by atoms with Crippen LogP contribution in [0.25, 0.3) is 0 Å². The van der Waals surface area contributed by atoms with Crippen LogP contribution in [0.3, 0.4) is 0 Å². The predicted molar refractivity (Wildman–Crippen MR) is 139 cm³/mol. The Morgan fingerprint density at radius 2 is 1.79 bits per heavy atom. The van der Waals surface area contributed by atoms with Gasteiger partial charge in [0.15, 0.2) is 0 Å². The SMILES string of the molecule is CC1=CC=CC2=NC=CCN12.CC1=CC=CN2CC=CN=C12.Cc1cccc2c1CN=CN2. The van der Waals surface area contributed by atoms with E-state index in [1.54, 1.807) is 6.34 Å². The first-order chi connectivity index (χ1) is 16.1. The molecule has 0 bridgehead atoms. The topological polar surface area (TPSA) is 55.6 Å². The number of allylic oxidation sites excluding steroid dienone is 5. The van der Waals surface area contributed by atoms with Crippen molar-refractivity contribution in [1.82, 2.24) is 9.80 Å². The van der Waals surface area contributed by atoms with Crippen LogP contribution in [-0.4, -0.2) is 40.9 Å². The Bertz CT molecular complexity index is 1160. The van der Waals surface area contributed by atoms with Crippen LogP contribution < -0.4 is 5.32 Å². The molecule has 0 aromatic heterocycles. The average molecular weight is 439 g/mol. The Balaban J connectivity index is 0.000000118. The van der Waals surface area contributed by atoms with Crippen LogP contribution in [0.2, 0.25) is 0 Å². The van der Waals surface area contributed by atoms with Crippen molar-refractivity contribution in [2.75, 3.05) is 18.4 Å². The molecule has 1 aromatic rings. The van der Waals surface area contributed by atoms with E-state index in [4.69, 9.17) is 0 Å². The van der Waals surface area contributed by atoms with Crippen molar-refractivity contribution in [1.29, 1.82) is 0 Å².